The molecule has 94 valence electrons. The van der Waals surface area contributed by atoms with Crippen molar-refractivity contribution in [1.82, 2.24) is 0 Å². The molecule has 2 N–H and O–H groups in total. The van der Waals surface area contributed by atoms with Crippen LogP contribution in [0.15, 0.2) is 48.5 Å². The van der Waals surface area contributed by atoms with Crippen molar-refractivity contribution in [3.63, 3.8) is 0 Å². The van der Waals surface area contributed by atoms with E-state index in [0.717, 1.165) is 17.7 Å². The number of benzene rings is 2. The Morgan fingerprint density at radius 1 is 1.11 bits per heavy atom. The topological polar surface area (TPSA) is 35.2 Å². The number of ether oxygens (including phenoxy) is 1. The van der Waals surface area contributed by atoms with Gasteiger partial charge in [-0.1, -0.05) is 25.1 Å². The first-order valence-corrected chi connectivity index (χ1v) is 5.98. The predicted molar refractivity (Wildman–Crippen MR) is 70.1 cm³/mol. The molecule has 0 aliphatic carbocycles. The zero-order valence-electron chi connectivity index (χ0n) is 10.3. The Balaban J connectivity index is 2.26. The Morgan fingerprint density at radius 3 is 2.44 bits per heavy atom. The van der Waals surface area contributed by atoms with E-state index in [2.05, 4.69) is 0 Å². The summed E-state index contributed by atoms with van der Waals surface area (Å²) in [7, 11) is 0. The second-order valence-electron chi connectivity index (χ2n) is 4.11. The fraction of sp³-hybridized carbons (Fsp3) is 0.200. The number of hydrogen-bond donors (Lipinski definition) is 1. The summed E-state index contributed by atoms with van der Waals surface area (Å²) in [6, 6.07) is 13.5. The molecule has 1 atom stereocenters. The van der Waals surface area contributed by atoms with Gasteiger partial charge >= 0.3 is 0 Å². The fourth-order valence-corrected chi connectivity index (χ4v) is 1.73. The van der Waals surface area contributed by atoms with Gasteiger partial charge in [-0.15, -0.1) is 0 Å². The molecule has 18 heavy (non-hydrogen) atoms. The molecule has 0 bridgehead atoms. The minimum absolute atomic E-state index is 0.0540. The Hall–Kier alpha value is -1.87. The van der Waals surface area contributed by atoms with Crippen LogP contribution in [0.3, 0.4) is 0 Å². The van der Waals surface area contributed by atoms with Crippen LogP contribution in [0.25, 0.3) is 0 Å². The summed E-state index contributed by atoms with van der Waals surface area (Å²) in [6.07, 6.45) is 0.837. The highest BCUT2D eigenvalue weighted by Gasteiger charge is 2.10. The summed E-state index contributed by atoms with van der Waals surface area (Å²) in [6.45, 7) is 2.03. The van der Waals surface area contributed by atoms with Crippen LogP contribution < -0.4 is 10.5 Å². The van der Waals surface area contributed by atoms with Crippen LogP contribution in [0.4, 0.5) is 4.39 Å². The molecule has 0 aromatic heterocycles. The van der Waals surface area contributed by atoms with Gasteiger partial charge in [0.05, 0.1) is 0 Å². The standard InChI is InChI=1S/C15H16FNO/c1-2-14(17)13-5-3-4-6-15(13)18-12-9-7-11(16)8-10-12/h3-10,14H,2,17H2,1H3/t14-/m0/s1. The number of rotatable bonds is 4. The second-order valence-corrected chi connectivity index (χ2v) is 4.11. The van der Waals surface area contributed by atoms with Crippen molar-refractivity contribution in [3.05, 3.63) is 59.9 Å². The molecule has 3 heteroatoms. The highest BCUT2D eigenvalue weighted by atomic mass is 19.1. The van der Waals surface area contributed by atoms with Crippen LogP contribution in [0.2, 0.25) is 0 Å². The molecule has 0 radical (unpaired) electrons. The Morgan fingerprint density at radius 2 is 1.78 bits per heavy atom. The SMILES string of the molecule is CC[C@H](N)c1ccccc1Oc1ccc(F)cc1. The zero-order chi connectivity index (χ0) is 13.0. The van der Waals surface area contributed by atoms with Gasteiger partial charge in [0, 0.05) is 11.6 Å². The van der Waals surface area contributed by atoms with E-state index in [1.165, 1.54) is 12.1 Å². The van der Waals surface area contributed by atoms with Gasteiger partial charge in [-0.05, 0) is 36.8 Å². The lowest BCUT2D eigenvalue weighted by Gasteiger charge is -2.15. The lowest BCUT2D eigenvalue weighted by atomic mass is 10.0. The van der Waals surface area contributed by atoms with Crippen molar-refractivity contribution in [2.24, 2.45) is 5.73 Å². The minimum atomic E-state index is -0.277. The summed E-state index contributed by atoms with van der Waals surface area (Å²) in [5.41, 5.74) is 7.00. The lowest BCUT2D eigenvalue weighted by Crippen LogP contribution is -2.09. The van der Waals surface area contributed by atoms with Crippen LogP contribution in [-0.4, -0.2) is 0 Å². The molecule has 2 rings (SSSR count). The molecule has 2 nitrogen and oxygen atoms in total. The molecule has 0 spiro atoms. The van der Waals surface area contributed by atoms with E-state index in [-0.39, 0.29) is 11.9 Å². The van der Waals surface area contributed by atoms with Crippen molar-refractivity contribution >= 4 is 0 Å². The first-order valence-electron chi connectivity index (χ1n) is 5.98. The maximum atomic E-state index is 12.8. The van der Waals surface area contributed by atoms with E-state index in [1.54, 1.807) is 12.1 Å². The summed E-state index contributed by atoms with van der Waals surface area (Å²) < 4.78 is 18.6. The van der Waals surface area contributed by atoms with E-state index in [4.69, 9.17) is 10.5 Å². The van der Waals surface area contributed by atoms with Gasteiger partial charge in [-0.2, -0.15) is 0 Å². The molecular weight excluding hydrogens is 229 g/mol. The first-order chi connectivity index (χ1) is 8.70. The van der Waals surface area contributed by atoms with Crippen LogP contribution in [-0.2, 0) is 0 Å². The number of halogens is 1. The molecule has 0 saturated carbocycles. The van der Waals surface area contributed by atoms with Crippen molar-refractivity contribution in [3.8, 4) is 11.5 Å². The first kappa shape index (κ1) is 12.6. The van der Waals surface area contributed by atoms with Gasteiger partial charge < -0.3 is 10.5 Å². The fourth-order valence-electron chi connectivity index (χ4n) is 1.73. The molecule has 0 heterocycles. The van der Waals surface area contributed by atoms with Crippen LogP contribution in [0.5, 0.6) is 11.5 Å². The molecule has 0 aliphatic rings. The summed E-state index contributed by atoms with van der Waals surface area (Å²) >= 11 is 0. The van der Waals surface area contributed by atoms with Gasteiger partial charge in [0.15, 0.2) is 0 Å². The highest BCUT2D eigenvalue weighted by molar-refractivity contribution is 5.39. The molecule has 2 aromatic rings. The van der Waals surface area contributed by atoms with Gasteiger partial charge in [0.25, 0.3) is 0 Å². The molecule has 0 saturated heterocycles. The Kier molecular flexibility index (Phi) is 3.95. The number of para-hydroxylation sites is 1. The van der Waals surface area contributed by atoms with E-state index in [1.807, 2.05) is 31.2 Å². The molecule has 0 amide bonds. The summed E-state index contributed by atoms with van der Waals surface area (Å²) in [5, 5.41) is 0. The Labute approximate surface area is 106 Å². The van der Waals surface area contributed by atoms with Crippen LogP contribution in [0, 0.1) is 5.82 Å². The molecule has 0 unspecified atom stereocenters. The molecule has 2 aromatic carbocycles. The average Bonchev–Trinajstić information content (AvgIpc) is 2.41. The van der Waals surface area contributed by atoms with E-state index in [9.17, 15) is 4.39 Å². The summed E-state index contributed by atoms with van der Waals surface area (Å²) in [5.74, 6) is 1.05. The van der Waals surface area contributed by atoms with Crippen molar-refractivity contribution in [2.45, 2.75) is 19.4 Å². The maximum Gasteiger partial charge on any atom is 0.132 e. The van der Waals surface area contributed by atoms with Crippen molar-refractivity contribution in [2.75, 3.05) is 0 Å². The number of hydrogen-bond acceptors (Lipinski definition) is 2. The predicted octanol–water partition coefficient (Wildman–Crippen LogP) is 4.03. The largest absolute Gasteiger partial charge is 0.457 e. The molecular formula is C15H16FNO. The number of nitrogens with two attached hydrogens (primary N) is 1. The molecule has 0 aliphatic heterocycles. The smallest absolute Gasteiger partial charge is 0.132 e. The van der Waals surface area contributed by atoms with Crippen LogP contribution >= 0.6 is 0 Å². The van der Waals surface area contributed by atoms with Gasteiger partial charge in [0.2, 0.25) is 0 Å². The van der Waals surface area contributed by atoms with E-state index >= 15 is 0 Å². The third kappa shape index (κ3) is 2.87. The van der Waals surface area contributed by atoms with Crippen molar-refractivity contribution < 1.29 is 9.13 Å². The van der Waals surface area contributed by atoms with Gasteiger partial charge in [-0.3, -0.25) is 0 Å². The van der Waals surface area contributed by atoms with Crippen LogP contribution in [0.1, 0.15) is 24.9 Å². The van der Waals surface area contributed by atoms with Crippen molar-refractivity contribution in [1.29, 1.82) is 0 Å². The normalized spacial score (nSPS) is 12.2. The van der Waals surface area contributed by atoms with Gasteiger partial charge in [0.1, 0.15) is 17.3 Å². The molecule has 0 fully saturated rings. The minimum Gasteiger partial charge on any atom is -0.457 e. The third-order valence-corrected chi connectivity index (χ3v) is 2.80. The second kappa shape index (κ2) is 5.65. The van der Waals surface area contributed by atoms with E-state index in [0.29, 0.717) is 5.75 Å². The quantitative estimate of drug-likeness (QED) is 0.882. The third-order valence-electron chi connectivity index (χ3n) is 2.80. The Bertz CT molecular complexity index is 510. The summed E-state index contributed by atoms with van der Waals surface area (Å²) in [4.78, 5) is 0. The average molecular weight is 245 g/mol. The highest BCUT2D eigenvalue weighted by Crippen LogP contribution is 2.29. The zero-order valence-corrected chi connectivity index (χ0v) is 10.3. The van der Waals surface area contributed by atoms with E-state index < -0.39 is 0 Å². The lowest BCUT2D eigenvalue weighted by molar-refractivity contribution is 0.467. The maximum absolute atomic E-state index is 12.8. The monoisotopic (exact) mass is 245 g/mol. The van der Waals surface area contributed by atoms with Gasteiger partial charge in [-0.25, -0.2) is 4.39 Å².